The summed E-state index contributed by atoms with van der Waals surface area (Å²) >= 11 is 1.38. The first kappa shape index (κ1) is 20.2. The van der Waals surface area contributed by atoms with E-state index in [0.29, 0.717) is 10.8 Å². The van der Waals surface area contributed by atoms with Gasteiger partial charge >= 0.3 is 0 Å². The SMILES string of the molecule is CCS(=O)(=O)c1ccccc1C(=O)N(Cc1ccccn1)c1nc2ccccc2s1. The molecule has 0 spiro atoms. The molecular weight excluding hydrogens is 418 g/mol. The van der Waals surface area contributed by atoms with Gasteiger partial charge in [0, 0.05) is 6.20 Å². The van der Waals surface area contributed by atoms with E-state index in [4.69, 9.17) is 0 Å². The van der Waals surface area contributed by atoms with Gasteiger partial charge in [-0.15, -0.1) is 0 Å². The molecule has 6 nitrogen and oxygen atoms in total. The van der Waals surface area contributed by atoms with Crippen molar-refractivity contribution in [1.82, 2.24) is 9.97 Å². The van der Waals surface area contributed by atoms with Gasteiger partial charge in [-0.1, -0.05) is 48.6 Å². The predicted molar refractivity (Wildman–Crippen MR) is 119 cm³/mol. The Kier molecular flexibility index (Phi) is 5.61. The van der Waals surface area contributed by atoms with Gasteiger partial charge in [0.2, 0.25) is 0 Å². The maximum absolute atomic E-state index is 13.6. The number of anilines is 1. The number of carbonyl (C=O) groups is 1. The van der Waals surface area contributed by atoms with E-state index >= 15 is 0 Å². The Morgan fingerprint density at radius 1 is 1.00 bits per heavy atom. The van der Waals surface area contributed by atoms with Crippen LogP contribution in [0, 0.1) is 0 Å². The van der Waals surface area contributed by atoms with E-state index in [2.05, 4.69) is 9.97 Å². The fourth-order valence-corrected chi connectivity index (χ4v) is 5.12. The fourth-order valence-electron chi connectivity index (χ4n) is 3.07. The summed E-state index contributed by atoms with van der Waals surface area (Å²) in [5, 5.41) is 0.496. The molecule has 0 aliphatic carbocycles. The maximum atomic E-state index is 13.6. The molecule has 152 valence electrons. The summed E-state index contributed by atoms with van der Waals surface area (Å²) in [4.78, 5) is 24.1. The predicted octanol–water partition coefficient (Wildman–Crippen LogP) is 4.33. The molecule has 2 aromatic carbocycles. The van der Waals surface area contributed by atoms with E-state index in [-0.39, 0.29) is 22.8 Å². The largest absolute Gasteiger partial charge is 0.278 e. The number of nitrogens with zero attached hydrogens (tertiary/aromatic N) is 3. The second-order valence-electron chi connectivity index (χ2n) is 6.58. The minimum absolute atomic E-state index is 0.0321. The molecule has 4 rings (SSSR count). The molecule has 0 fully saturated rings. The Morgan fingerprint density at radius 2 is 1.73 bits per heavy atom. The first-order valence-electron chi connectivity index (χ1n) is 9.39. The molecule has 0 radical (unpaired) electrons. The first-order chi connectivity index (χ1) is 14.5. The van der Waals surface area contributed by atoms with Crippen molar-refractivity contribution >= 4 is 42.4 Å². The highest BCUT2D eigenvalue weighted by molar-refractivity contribution is 7.91. The monoisotopic (exact) mass is 437 g/mol. The van der Waals surface area contributed by atoms with Gasteiger partial charge in [-0.3, -0.25) is 14.7 Å². The van der Waals surface area contributed by atoms with E-state index in [1.54, 1.807) is 37.4 Å². The number of carbonyl (C=O) groups excluding carboxylic acids is 1. The van der Waals surface area contributed by atoms with Gasteiger partial charge in [0.05, 0.1) is 38.7 Å². The summed E-state index contributed by atoms with van der Waals surface area (Å²) in [5.41, 5.74) is 1.60. The third kappa shape index (κ3) is 3.96. The number of pyridine rings is 1. The maximum Gasteiger partial charge on any atom is 0.261 e. The fraction of sp³-hybridized carbons (Fsp3) is 0.136. The molecule has 2 heterocycles. The summed E-state index contributed by atoms with van der Waals surface area (Å²) in [6.45, 7) is 1.75. The van der Waals surface area contributed by atoms with Crippen molar-refractivity contribution < 1.29 is 13.2 Å². The highest BCUT2D eigenvalue weighted by Crippen LogP contribution is 2.31. The van der Waals surface area contributed by atoms with Crippen LogP contribution in [0.25, 0.3) is 10.2 Å². The average molecular weight is 438 g/mol. The molecule has 30 heavy (non-hydrogen) atoms. The van der Waals surface area contributed by atoms with Crippen LogP contribution in [0.2, 0.25) is 0 Å². The second kappa shape index (κ2) is 8.33. The normalized spacial score (nSPS) is 11.5. The standard InChI is InChI=1S/C22H19N3O3S2/c1-2-30(27,28)20-13-6-3-10-17(20)21(26)25(15-16-9-7-8-14-23-16)22-24-18-11-4-5-12-19(18)29-22/h3-14H,2,15H2,1H3. The van der Waals surface area contributed by atoms with Gasteiger partial charge in [0.15, 0.2) is 15.0 Å². The smallest absolute Gasteiger partial charge is 0.261 e. The molecule has 0 aliphatic rings. The molecule has 0 aliphatic heterocycles. The Hall–Kier alpha value is -3.10. The second-order valence-corrected chi connectivity index (χ2v) is 9.83. The number of para-hydroxylation sites is 1. The van der Waals surface area contributed by atoms with E-state index in [0.717, 1.165) is 10.2 Å². The summed E-state index contributed by atoms with van der Waals surface area (Å²) in [6.07, 6.45) is 1.66. The van der Waals surface area contributed by atoms with Crippen LogP contribution in [0.3, 0.4) is 0 Å². The number of benzene rings is 2. The zero-order valence-electron chi connectivity index (χ0n) is 16.2. The van der Waals surface area contributed by atoms with E-state index < -0.39 is 15.7 Å². The van der Waals surface area contributed by atoms with Gasteiger partial charge in [-0.05, 0) is 36.4 Å². The average Bonchev–Trinajstić information content (AvgIpc) is 3.21. The minimum atomic E-state index is -3.57. The number of rotatable bonds is 6. The molecule has 0 bridgehead atoms. The number of aromatic nitrogens is 2. The highest BCUT2D eigenvalue weighted by atomic mass is 32.2. The number of hydrogen-bond acceptors (Lipinski definition) is 6. The minimum Gasteiger partial charge on any atom is -0.278 e. The van der Waals surface area contributed by atoms with Crippen LogP contribution in [0.1, 0.15) is 23.0 Å². The first-order valence-corrected chi connectivity index (χ1v) is 11.9. The van der Waals surface area contributed by atoms with Crippen molar-refractivity contribution in [3.05, 3.63) is 84.2 Å². The third-order valence-electron chi connectivity index (χ3n) is 4.64. The van der Waals surface area contributed by atoms with Crippen molar-refractivity contribution in [1.29, 1.82) is 0 Å². The Balaban J connectivity index is 1.83. The van der Waals surface area contributed by atoms with Crippen LogP contribution in [-0.2, 0) is 16.4 Å². The molecule has 4 aromatic rings. The number of amides is 1. The third-order valence-corrected chi connectivity index (χ3v) is 7.48. The molecule has 8 heteroatoms. The molecule has 0 atom stereocenters. The van der Waals surface area contributed by atoms with E-state index in [1.807, 2.05) is 36.4 Å². The summed E-state index contributed by atoms with van der Waals surface area (Å²) in [5.74, 6) is -0.508. The summed E-state index contributed by atoms with van der Waals surface area (Å²) < 4.78 is 26.1. The molecule has 2 aromatic heterocycles. The Morgan fingerprint density at radius 3 is 2.47 bits per heavy atom. The van der Waals surface area contributed by atoms with Crippen LogP contribution < -0.4 is 4.90 Å². The Labute approximate surface area is 178 Å². The summed E-state index contributed by atoms with van der Waals surface area (Å²) in [6, 6.07) is 19.4. The molecular formula is C22H19N3O3S2. The van der Waals surface area contributed by atoms with Gasteiger partial charge in [-0.2, -0.15) is 0 Å². The van der Waals surface area contributed by atoms with Crippen molar-refractivity contribution in [2.24, 2.45) is 0 Å². The topological polar surface area (TPSA) is 80.2 Å². The number of sulfone groups is 1. The molecule has 0 unspecified atom stereocenters. The van der Waals surface area contributed by atoms with Crippen molar-refractivity contribution in [3.63, 3.8) is 0 Å². The molecule has 0 saturated carbocycles. The van der Waals surface area contributed by atoms with Crippen molar-refractivity contribution in [3.8, 4) is 0 Å². The quantitative estimate of drug-likeness (QED) is 0.448. The lowest BCUT2D eigenvalue weighted by molar-refractivity contribution is 0.0981. The van der Waals surface area contributed by atoms with Crippen LogP contribution >= 0.6 is 11.3 Å². The number of fused-ring (bicyclic) bond motifs is 1. The van der Waals surface area contributed by atoms with E-state index in [1.165, 1.54) is 22.3 Å². The Bertz CT molecular complexity index is 1270. The lowest BCUT2D eigenvalue weighted by Crippen LogP contribution is -2.32. The summed E-state index contributed by atoms with van der Waals surface area (Å²) in [7, 11) is -3.57. The van der Waals surface area contributed by atoms with Crippen molar-refractivity contribution in [2.75, 3.05) is 10.7 Å². The van der Waals surface area contributed by atoms with Crippen LogP contribution in [0.4, 0.5) is 5.13 Å². The molecule has 1 amide bonds. The lowest BCUT2D eigenvalue weighted by atomic mass is 10.2. The van der Waals surface area contributed by atoms with Crippen molar-refractivity contribution in [2.45, 2.75) is 18.4 Å². The van der Waals surface area contributed by atoms with Crippen LogP contribution in [-0.4, -0.2) is 30.0 Å². The molecule has 0 N–H and O–H groups in total. The zero-order chi connectivity index (χ0) is 21.1. The zero-order valence-corrected chi connectivity index (χ0v) is 17.9. The van der Waals surface area contributed by atoms with Gasteiger partial charge < -0.3 is 0 Å². The highest BCUT2D eigenvalue weighted by Gasteiger charge is 2.27. The van der Waals surface area contributed by atoms with E-state index in [9.17, 15) is 13.2 Å². The number of hydrogen-bond donors (Lipinski definition) is 0. The van der Waals surface area contributed by atoms with Crippen LogP contribution in [0.15, 0.2) is 77.8 Å². The van der Waals surface area contributed by atoms with Gasteiger partial charge in [-0.25, -0.2) is 13.4 Å². The number of thiazole rings is 1. The van der Waals surface area contributed by atoms with Crippen LogP contribution in [0.5, 0.6) is 0 Å². The van der Waals surface area contributed by atoms with Gasteiger partial charge in [0.25, 0.3) is 5.91 Å². The van der Waals surface area contributed by atoms with Gasteiger partial charge in [0.1, 0.15) is 0 Å². The molecule has 0 saturated heterocycles. The lowest BCUT2D eigenvalue weighted by Gasteiger charge is -2.21.